The van der Waals surface area contributed by atoms with Crippen LogP contribution in [0.3, 0.4) is 0 Å². The molecular weight excluding hydrogens is 334 g/mol. The molecule has 5 heteroatoms. The van der Waals surface area contributed by atoms with Crippen LogP contribution in [-0.4, -0.2) is 15.7 Å². The summed E-state index contributed by atoms with van der Waals surface area (Å²) in [6, 6.07) is 16.0. The van der Waals surface area contributed by atoms with Crippen molar-refractivity contribution < 1.29 is 4.79 Å². The van der Waals surface area contributed by atoms with Gasteiger partial charge in [-0.3, -0.25) is 9.48 Å². The van der Waals surface area contributed by atoms with E-state index >= 15 is 0 Å². The Morgan fingerprint density at radius 2 is 2.00 bits per heavy atom. The summed E-state index contributed by atoms with van der Waals surface area (Å²) in [5.74, 6) is -0.0906. The first-order valence-electron chi connectivity index (χ1n) is 8.35. The van der Waals surface area contributed by atoms with Crippen molar-refractivity contribution >= 4 is 17.5 Å². The largest absolute Gasteiger partial charge is 0.345 e. The van der Waals surface area contributed by atoms with Gasteiger partial charge in [0, 0.05) is 11.2 Å². The molecule has 0 spiro atoms. The number of aryl methyl sites for hydroxylation is 1. The Kier molecular flexibility index (Phi) is 4.28. The Morgan fingerprint density at radius 3 is 2.88 bits per heavy atom. The molecule has 4 nitrogen and oxygen atoms in total. The number of hydrogen-bond donors (Lipinski definition) is 1. The van der Waals surface area contributed by atoms with Crippen LogP contribution in [0.4, 0.5) is 0 Å². The van der Waals surface area contributed by atoms with Gasteiger partial charge in [-0.2, -0.15) is 5.10 Å². The van der Waals surface area contributed by atoms with E-state index in [9.17, 15) is 4.79 Å². The Balaban J connectivity index is 1.46. The standard InChI is InChI=1S/C20H18ClN3O/c21-18-8-4-2-6-15(18)12-24-13-16(11-22-24)20(25)23-19-10-9-14-5-1-3-7-17(14)19/h1-8,11,13,19H,9-10,12H2,(H,23,25). The highest BCUT2D eigenvalue weighted by atomic mass is 35.5. The lowest BCUT2D eigenvalue weighted by Crippen LogP contribution is -2.26. The van der Waals surface area contributed by atoms with Gasteiger partial charge in [-0.15, -0.1) is 0 Å². The number of halogens is 1. The van der Waals surface area contributed by atoms with Crippen LogP contribution >= 0.6 is 11.6 Å². The zero-order valence-corrected chi connectivity index (χ0v) is 14.4. The minimum absolute atomic E-state index is 0.0793. The lowest BCUT2D eigenvalue weighted by Gasteiger charge is -2.13. The van der Waals surface area contributed by atoms with Crippen molar-refractivity contribution in [3.8, 4) is 0 Å². The van der Waals surface area contributed by atoms with Gasteiger partial charge < -0.3 is 5.32 Å². The average molecular weight is 352 g/mol. The summed E-state index contributed by atoms with van der Waals surface area (Å²) in [6.07, 6.45) is 5.32. The second-order valence-corrected chi connectivity index (χ2v) is 6.69. The van der Waals surface area contributed by atoms with Crippen LogP contribution in [0.25, 0.3) is 0 Å². The Hall–Kier alpha value is -2.59. The molecule has 0 saturated carbocycles. The fourth-order valence-electron chi connectivity index (χ4n) is 3.32. The second kappa shape index (κ2) is 6.73. The number of rotatable bonds is 4. The molecule has 0 radical (unpaired) electrons. The van der Waals surface area contributed by atoms with E-state index in [-0.39, 0.29) is 11.9 Å². The summed E-state index contributed by atoms with van der Waals surface area (Å²) >= 11 is 6.18. The summed E-state index contributed by atoms with van der Waals surface area (Å²) in [5.41, 5.74) is 4.09. The van der Waals surface area contributed by atoms with Crippen molar-refractivity contribution in [3.05, 3.63) is 88.2 Å². The SMILES string of the molecule is O=C(NC1CCc2ccccc21)c1cnn(Cc2ccccc2Cl)c1. The topological polar surface area (TPSA) is 46.9 Å². The van der Waals surface area contributed by atoms with E-state index < -0.39 is 0 Å². The number of carbonyl (C=O) groups is 1. The number of hydrogen-bond acceptors (Lipinski definition) is 2. The van der Waals surface area contributed by atoms with E-state index in [2.05, 4.69) is 22.5 Å². The molecule has 4 rings (SSSR count). The van der Waals surface area contributed by atoms with Gasteiger partial charge in [0.1, 0.15) is 0 Å². The molecule has 1 unspecified atom stereocenters. The summed E-state index contributed by atoms with van der Waals surface area (Å²) in [6.45, 7) is 0.541. The maximum atomic E-state index is 12.6. The van der Waals surface area contributed by atoms with Crippen molar-refractivity contribution in [1.29, 1.82) is 0 Å². The van der Waals surface area contributed by atoms with Crippen molar-refractivity contribution in [2.75, 3.05) is 0 Å². The summed E-state index contributed by atoms with van der Waals surface area (Å²) in [4.78, 5) is 12.6. The molecule has 3 aromatic rings. The number of aromatic nitrogens is 2. The molecule has 1 aliphatic carbocycles. The molecule has 1 N–H and O–H groups in total. The first-order chi connectivity index (χ1) is 12.2. The smallest absolute Gasteiger partial charge is 0.254 e. The number of fused-ring (bicyclic) bond motifs is 1. The number of nitrogens with one attached hydrogen (secondary N) is 1. The third-order valence-electron chi connectivity index (χ3n) is 4.62. The molecule has 25 heavy (non-hydrogen) atoms. The van der Waals surface area contributed by atoms with E-state index in [4.69, 9.17) is 11.6 Å². The van der Waals surface area contributed by atoms with Crippen LogP contribution in [0.2, 0.25) is 5.02 Å². The zero-order chi connectivity index (χ0) is 17.2. The number of benzene rings is 2. The minimum Gasteiger partial charge on any atom is -0.345 e. The summed E-state index contributed by atoms with van der Waals surface area (Å²) in [5, 5.41) is 8.11. The predicted octanol–water partition coefficient (Wildman–Crippen LogP) is 4.00. The van der Waals surface area contributed by atoms with Gasteiger partial charge in [0.25, 0.3) is 5.91 Å². The predicted molar refractivity (Wildman–Crippen MR) is 97.8 cm³/mol. The minimum atomic E-state index is -0.0906. The van der Waals surface area contributed by atoms with E-state index in [1.165, 1.54) is 11.1 Å². The highest BCUT2D eigenvalue weighted by Gasteiger charge is 2.24. The van der Waals surface area contributed by atoms with Gasteiger partial charge in [-0.05, 0) is 35.6 Å². The monoisotopic (exact) mass is 351 g/mol. The van der Waals surface area contributed by atoms with Gasteiger partial charge in [-0.25, -0.2) is 0 Å². The number of amides is 1. The lowest BCUT2D eigenvalue weighted by atomic mass is 10.1. The molecule has 1 atom stereocenters. The molecule has 2 aromatic carbocycles. The van der Waals surface area contributed by atoms with Crippen molar-refractivity contribution in [1.82, 2.24) is 15.1 Å². The zero-order valence-electron chi connectivity index (χ0n) is 13.7. The van der Waals surface area contributed by atoms with Gasteiger partial charge >= 0.3 is 0 Å². The quantitative estimate of drug-likeness (QED) is 0.772. The molecule has 0 fully saturated rings. The maximum absolute atomic E-state index is 12.6. The molecule has 0 saturated heterocycles. The highest BCUT2D eigenvalue weighted by molar-refractivity contribution is 6.31. The Morgan fingerprint density at radius 1 is 1.20 bits per heavy atom. The Bertz CT molecular complexity index is 919. The molecule has 1 aliphatic rings. The number of carbonyl (C=O) groups excluding carboxylic acids is 1. The van der Waals surface area contributed by atoms with Crippen molar-refractivity contribution in [2.45, 2.75) is 25.4 Å². The van der Waals surface area contributed by atoms with Crippen molar-refractivity contribution in [2.24, 2.45) is 0 Å². The van der Waals surface area contributed by atoms with E-state index in [0.717, 1.165) is 18.4 Å². The van der Waals surface area contributed by atoms with Crippen LogP contribution in [0.5, 0.6) is 0 Å². The van der Waals surface area contributed by atoms with Crippen LogP contribution in [0.1, 0.15) is 39.5 Å². The van der Waals surface area contributed by atoms with Crippen LogP contribution in [0, 0.1) is 0 Å². The van der Waals surface area contributed by atoms with E-state index in [1.807, 2.05) is 36.4 Å². The maximum Gasteiger partial charge on any atom is 0.254 e. The molecular formula is C20H18ClN3O. The third kappa shape index (κ3) is 3.30. The van der Waals surface area contributed by atoms with Crippen molar-refractivity contribution in [3.63, 3.8) is 0 Å². The summed E-state index contributed by atoms with van der Waals surface area (Å²) < 4.78 is 1.73. The molecule has 1 aromatic heterocycles. The molecule has 0 bridgehead atoms. The highest BCUT2D eigenvalue weighted by Crippen LogP contribution is 2.30. The normalized spacial score (nSPS) is 15.8. The lowest BCUT2D eigenvalue weighted by molar-refractivity contribution is 0.0936. The first kappa shape index (κ1) is 15.9. The molecule has 0 aliphatic heterocycles. The van der Waals surface area contributed by atoms with Gasteiger partial charge in [0.15, 0.2) is 0 Å². The summed E-state index contributed by atoms with van der Waals surface area (Å²) in [7, 11) is 0. The van der Waals surface area contributed by atoms with Crippen LogP contribution in [0.15, 0.2) is 60.9 Å². The molecule has 126 valence electrons. The van der Waals surface area contributed by atoms with Gasteiger partial charge in [0.05, 0.1) is 24.3 Å². The fourth-order valence-corrected chi connectivity index (χ4v) is 3.51. The fraction of sp³-hybridized carbons (Fsp3) is 0.200. The number of nitrogens with zero attached hydrogens (tertiary/aromatic N) is 2. The first-order valence-corrected chi connectivity index (χ1v) is 8.73. The van der Waals surface area contributed by atoms with E-state index in [1.54, 1.807) is 17.1 Å². The van der Waals surface area contributed by atoms with Gasteiger partial charge in [-0.1, -0.05) is 54.1 Å². The van der Waals surface area contributed by atoms with E-state index in [0.29, 0.717) is 17.1 Å². The Labute approximate surface area is 151 Å². The molecule has 1 heterocycles. The second-order valence-electron chi connectivity index (χ2n) is 6.28. The third-order valence-corrected chi connectivity index (χ3v) is 4.99. The van der Waals surface area contributed by atoms with Crippen LogP contribution < -0.4 is 5.32 Å². The molecule has 1 amide bonds. The van der Waals surface area contributed by atoms with Gasteiger partial charge in [0.2, 0.25) is 0 Å². The van der Waals surface area contributed by atoms with Crippen LogP contribution in [-0.2, 0) is 13.0 Å². The average Bonchev–Trinajstić information content (AvgIpc) is 3.25.